The number of carboxylic acids is 1. The SMILES string of the molecule is [C-]#[N+]c1cc(-c2ncc(C(=O)O)s2)ccc1-c1ccc(OC)cc1. The van der Waals surface area contributed by atoms with Crippen molar-refractivity contribution < 1.29 is 14.6 Å². The minimum atomic E-state index is -1.00. The normalized spacial score (nSPS) is 10.2. The molecule has 0 amide bonds. The summed E-state index contributed by atoms with van der Waals surface area (Å²) in [5.74, 6) is -0.247. The van der Waals surface area contributed by atoms with Gasteiger partial charge >= 0.3 is 5.97 Å². The second-order valence-corrected chi connectivity index (χ2v) is 5.94. The molecule has 0 saturated heterocycles. The van der Waals surface area contributed by atoms with E-state index < -0.39 is 5.97 Å². The summed E-state index contributed by atoms with van der Waals surface area (Å²) in [7, 11) is 1.60. The molecule has 0 unspecified atom stereocenters. The van der Waals surface area contributed by atoms with Gasteiger partial charge in [0.2, 0.25) is 0 Å². The average molecular weight is 336 g/mol. The molecule has 0 fully saturated rings. The van der Waals surface area contributed by atoms with E-state index in [1.165, 1.54) is 6.20 Å². The lowest BCUT2D eigenvalue weighted by atomic mass is 10.0. The number of hydrogen-bond donors (Lipinski definition) is 1. The topological polar surface area (TPSA) is 63.8 Å². The van der Waals surface area contributed by atoms with Crippen molar-refractivity contribution in [3.63, 3.8) is 0 Å². The first-order valence-corrected chi connectivity index (χ1v) is 7.79. The molecule has 0 radical (unpaired) electrons. The third-order valence-electron chi connectivity index (χ3n) is 3.48. The number of carboxylic acid groups (broad SMARTS) is 1. The summed E-state index contributed by atoms with van der Waals surface area (Å²) in [6.07, 6.45) is 1.33. The van der Waals surface area contributed by atoms with E-state index >= 15 is 0 Å². The second-order valence-electron chi connectivity index (χ2n) is 4.91. The summed E-state index contributed by atoms with van der Waals surface area (Å²) in [6, 6.07) is 12.9. The summed E-state index contributed by atoms with van der Waals surface area (Å²) in [6.45, 7) is 7.43. The number of rotatable bonds is 4. The molecule has 2 aromatic carbocycles. The Bertz CT molecular complexity index is 940. The molecule has 118 valence electrons. The Labute approximate surface area is 142 Å². The highest BCUT2D eigenvalue weighted by molar-refractivity contribution is 7.16. The van der Waals surface area contributed by atoms with Gasteiger partial charge in [0.25, 0.3) is 0 Å². The van der Waals surface area contributed by atoms with E-state index in [1.54, 1.807) is 13.2 Å². The third-order valence-corrected chi connectivity index (χ3v) is 4.52. The van der Waals surface area contributed by atoms with Crippen LogP contribution >= 0.6 is 11.3 Å². The van der Waals surface area contributed by atoms with Crippen LogP contribution in [0.4, 0.5) is 5.69 Å². The Balaban J connectivity index is 2.01. The Hall–Kier alpha value is -3.17. The van der Waals surface area contributed by atoms with Crippen molar-refractivity contribution in [1.82, 2.24) is 4.98 Å². The summed E-state index contributed by atoms with van der Waals surface area (Å²) in [4.78, 5) is 18.9. The van der Waals surface area contributed by atoms with Gasteiger partial charge in [0.05, 0.1) is 19.9 Å². The molecule has 0 saturated carbocycles. The predicted octanol–water partition coefficient (Wildman–Crippen LogP) is 4.73. The van der Waals surface area contributed by atoms with Crippen LogP contribution in [-0.4, -0.2) is 23.2 Å². The number of aromatic carboxylic acids is 1. The van der Waals surface area contributed by atoms with Crippen molar-refractivity contribution in [2.45, 2.75) is 0 Å². The molecule has 1 N–H and O–H groups in total. The molecule has 1 heterocycles. The molecular weight excluding hydrogens is 324 g/mol. The Morgan fingerprint density at radius 1 is 1.21 bits per heavy atom. The highest BCUT2D eigenvalue weighted by atomic mass is 32.1. The predicted molar refractivity (Wildman–Crippen MR) is 92.8 cm³/mol. The quantitative estimate of drug-likeness (QED) is 0.699. The molecule has 5 nitrogen and oxygen atoms in total. The van der Waals surface area contributed by atoms with E-state index in [2.05, 4.69) is 9.83 Å². The molecule has 0 aliphatic rings. The summed E-state index contributed by atoms with van der Waals surface area (Å²) in [5, 5.41) is 9.58. The van der Waals surface area contributed by atoms with Crippen molar-refractivity contribution in [3.8, 4) is 27.4 Å². The molecule has 24 heavy (non-hydrogen) atoms. The van der Waals surface area contributed by atoms with Crippen molar-refractivity contribution in [2.24, 2.45) is 0 Å². The minimum absolute atomic E-state index is 0.175. The lowest BCUT2D eigenvalue weighted by Gasteiger charge is -2.07. The van der Waals surface area contributed by atoms with E-state index in [-0.39, 0.29) is 4.88 Å². The van der Waals surface area contributed by atoms with E-state index in [9.17, 15) is 4.79 Å². The minimum Gasteiger partial charge on any atom is -0.497 e. The van der Waals surface area contributed by atoms with Gasteiger partial charge in [0.1, 0.15) is 15.6 Å². The van der Waals surface area contributed by atoms with E-state index in [0.717, 1.165) is 33.8 Å². The first-order valence-electron chi connectivity index (χ1n) is 6.98. The molecule has 1 aromatic heterocycles. The van der Waals surface area contributed by atoms with Gasteiger partial charge < -0.3 is 9.84 Å². The van der Waals surface area contributed by atoms with E-state index in [0.29, 0.717) is 10.7 Å². The van der Waals surface area contributed by atoms with Crippen molar-refractivity contribution in [1.29, 1.82) is 0 Å². The number of methoxy groups -OCH3 is 1. The van der Waals surface area contributed by atoms with Crippen LogP contribution in [-0.2, 0) is 0 Å². The number of ether oxygens (including phenoxy) is 1. The summed E-state index contributed by atoms with van der Waals surface area (Å²) < 4.78 is 5.14. The van der Waals surface area contributed by atoms with Crippen LogP contribution in [0.1, 0.15) is 9.67 Å². The zero-order valence-corrected chi connectivity index (χ0v) is 13.5. The van der Waals surface area contributed by atoms with Gasteiger partial charge in [0.15, 0.2) is 5.69 Å². The van der Waals surface area contributed by atoms with Crippen LogP contribution in [0, 0.1) is 6.57 Å². The number of nitrogens with zero attached hydrogens (tertiary/aromatic N) is 2. The van der Waals surface area contributed by atoms with Gasteiger partial charge in [-0.1, -0.05) is 24.3 Å². The highest BCUT2D eigenvalue weighted by Crippen LogP contribution is 2.36. The fraction of sp³-hybridized carbons (Fsp3) is 0.0556. The van der Waals surface area contributed by atoms with Crippen LogP contribution in [0.15, 0.2) is 48.7 Å². The van der Waals surface area contributed by atoms with Crippen LogP contribution in [0.2, 0.25) is 0 Å². The first kappa shape index (κ1) is 15.7. The molecule has 3 aromatic rings. The monoisotopic (exact) mass is 336 g/mol. The van der Waals surface area contributed by atoms with Crippen LogP contribution < -0.4 is 4.74 Å². The summed E-state index contributed by atoms with van der Waals surface area (Å²) in [5.41, 5.74) is 2.95. The Morgan fingerprint density at radius 3 is 2.50 bits per heavy atom. The number of thiazole rings is 1. The average Bonchev–Trinajstić information content (AvgIpc) is 3.12. The number of aromatic nitrogens is 1. The maximum absolute atomic E-state index is 11.0. The molecule has 0 atom stereocenters. The smallest absolute Gasteiger partial charge is 0.347 e. The molecule has 0 aliphatic heterocycles. The van der Waals surface area contributed by atoms with Crippen molar-refractivity contribution in [2.75, 3.05) is 7.11 Å². The Kier molecular flexibility index (Phi) is 4.27. The zero-order chi connectivity index (χ0) is 17.1. The van der Waals surface area contributed by atoms with Gasteiger partial charge in [-0.15, -0.1) is 11.3 Å². The Morgan fingerprint density at radius 2 is 1.92 bits per heavy atom. The van der Waals surface area contributed by atoms with Gasteiger partial charge in [-0.05, 0) is 29.3 Å². The van der Waals surface area contributed by atoms with E-state index in [4.69, 9.17) is 16.4 Å². The van der Waals surface area contributed by atoms with Gasteiger partial charge in [-0.25, -0.2) is 14.6 Å². The fourth-order valence-corrected chi connectivity index (χ4v) is 3.03. The highest BCUT2D eigenvalue weighted by Gasteiger charge is 2.13. The van der Waals surface area contributed by atoms with E-state index in [1.807, 2.05) is 36.4 Å². The number of benzene rings is 2. The fourth-order valence-electron chi connectivity index (χ4n) is 2.28. The maximum atomic E-state index is 11.0. The third kappa shape index (κ3) is 2.98. The van der Waals surface area contributed by atoms with Crippen molar-refractivity contribution >= 4 is 23.0 Å². The number of hydrogen-bond acceptors (Lipinski definition) is 4. The first-order chi connectivity index (χ1) is 11.6. The molecule has 0 aliphatic carbocycles. The second kappa shape index (κ2) is 6.52. The van der Waals surface area contributed by atoms with Crippen molar-refractivity contribution in [3.05, 3.63) is 65.0 Å². The zero-order valence-electron chi connectivity index (χ0n) is 12.7. The maximum Gasteiger partial charge on any atom is 0.347 e. The lowest BCUT2D eigenvalue weighted by Crippen LogP contribution is -1.89. The molecular formula is C18H12N2O3S. The molecule has 6 heteroatoms. The van der Waals surface area contributed by atoms with Gasteiger partial charge in [-0.2, -0.15) is 0 Å². The largest absolute Gasteiger partial charge is 0.497 e. The summed E-state index contributed by atoms with van der Waals surface area (Å²) >= 11 is 1.09. The molecule has 0 bridgehead atoms. The molecule has 3 rings (SSSR count). The van der Waals surface area contributed by atoms with Crippen LogP contribution in [0.5, 0.6) is 5.75 Å². The molecule has 0 spiro atoms. The standard InChI is InChI=1S/C18H12N2O3S/c1-19-15-9-12(17-20-10-16(24-17)18(21)22)5-8-14(15)11-3-6-13(23-2)7-4-11/h3-10H,2H3,(H,21,22). The van der Waals surface area contributed by atoms with Gasteiger partial charge in [0, 0.05) is 5.56 Å². The lowest BCUT2D eigenvalue weighted by molar-refractivity contribution is 0.0702. The van der Waals surface area contributed by atoms with Crippen LogP contribution in [0.3, 0.4) is 0 Å². The van der Waals surface area contributed by atoms with Gasteiger partial charge in [-0.3, -0.25) is 0 Å². The number of carbonyl (C=O) groups is 1. The van der Waals surface area contributed by atoms with Crippen LogP contribution in [0.25, 0.3) is 26.5 Å².